The number of thiazole rings is 1. The van der Waals surface area contributed by atoms with Gasteiger partial charge in [0.15, 0.2) is 0 Å². The van der Waals surface area contributed by atoms with Crippen molar-refractivity contribution in [2.75, 3.05) is 5.32 Å². The number of aromatic nitrogens is 1. The van der Waals surface area contributed by atoms with Crippen molar-refractivity contribution >= 4 is 28.5 Å². The normalized spacial score (nSPS) is 15.8. The Morgan fingerprint density at radius 3 is 3.00 bits per heavy atom. The number of anilines is 1. The zero-order chi connectivity index (χ0) is 12.5. The van der Waals surface area contributed by atoms with E-state index < -0.39 is 0 Å². The van der Waals surface area contributed by atoms with E-state index >= 15 is 0 Å². The fourth-order valence-corrected chi connectivity index (χ4v) is 2.78. The maximum absolute atomic E-state index is 11.9. The molecule has 1 N–H and O–H groups in total. The van der Waals surface area contributed by atoms with Crippen LogP contribution in [0.1, 0.15) is 15.4 Å². The van der Waals surface area contributed by atoms with Crippen molar-refractivity contribution in [3.8, 4) is 0 Å². The lowest BCUT2D eigenvalue weighted by atomic mass is 10.1. The van der Waals surface area contributed by atoms with Crippen LogP contribution in [0.15, 0.2) is 36.5 Å². The van der Waals surface area contributed by atoms with Gasteiger partial charge >= 0.3 is 0 Å². The number of benzene rings is 1. The van der Waals surface area contributed by atoms with Crippen LogP contribution in [0.2, 0.25) is 0 Å². The second kappa shape index (κ2) is 4.38. The van der Waals surface area contributed by atoms with Gasteiger partial charge in [-0.15, -0.1) is 11.3 Å². The summed E-state index contributed by atoms with van der Waals surface area (Å²) in [7, 11) is 0. The number of hydrogen-bond donors (Lipinski definition) is 1. The molecule has 1 aromatic heterocycles. The minimum Gasteiger partial charge on any atom is -0.321 e. The number of carbonyl (C=O) groups excluding carboxylic acids is 1. The molecule has 1 amide bonds. The summed E-state index contributed by atoms with van der Waals surface area (Å²) >= 11 is 1.67. The average molecular weight is 256 g/mol. The number of fused-ring (bicyclic) bond motifs is 1. The van der Waals surface area contributed by atoms with Crippen molar-refractivity contribution in [1.82, 2.24) is 4.98 Å². The molecule has 0 atom stereocenters. The first-order chi connectivity index (χ1) is 8.74. The number of carbonyl (C=O) groups is 1. The van der Waals surface area contributed by atoms with Gasteiger partial charge in [0.05, 0.1) is 5.01 Å². The number of rotatable bonds is 2. The second-order valence-corrected chi connectivity index (χ2v) is 5.51. The number of aryl methyl sites for hydroxylation is 1. The summed E-state index contributed by atoms with van der Waals surface area (Å²) in [4.78, 5) is 17.4. The minimum atomic E-state index is -0.0236. The van der Waals surface area contributed by atoms with E-state index in [0.717, 1.165) is 21.8 Å². The minimum absolute atomic E-state index is 0.0236. The smallest absolute Gasteiger partial charge is 0.256 e. The van der Waals surface area contributed by atoms with Crippen molar-refractivity contribution in [2.45, 2.75) is 13.3 Å². The van der Waals surface area contributed by atoms with Gasteiger partial charge in [-0.2, -0.15) is 0 Å². The van der Waals surface area contributed by atoms with Gasteiger partial charge in [0.2, 0.25) is 0 Å². The standard InChI is InChI=1S/C14H12N2OS/c1-9-8-15-13(18-9)7-6-11-10-4-2-3-5-12(10)16-14(11)17/h2-6,8H,7H2,1H3,(H,16,17). The Morgan fingerprint density at radius 1 is 1.39 bits per heavy atom. The van der Waals surface area contributed by atoms with E-state index in [9.17, 15) is 4.79 Å². The van der Waals surface area contributed by atoms with E-state index in [4.69, 9.17) is 0 Å². The molecule has 18 heavy (non-hydrogen) atoms. The van der Waals surface area contributed by atoms with E-state index in [-0.39, 0.29) is 5.91 Å². The number of hydrogen-bond acceptors (Lipinski definition) is 3. The zero-order valence-corrected chi connectivity index (χ0v) is 10.8. The molecule has 0 fully saturated rings. The third-order valence-corrected chi connectivity index (χ3v) is 3.80. The van der Waals surface area contributed by atoms with E-state index in [2.05, 4.69) is 10.3 Å². The highest BCUT2D eigenvalue weighted by Crippen LogP contribution is 2.31. The van der Waals surface area contributed by atoms with Gasteiger partial charge in [-0.3, -0.25) is 4.79 Å². The fourth-order valence-electron chi connectivity index (χ4n) is 2.03. The molecular formula is C14H12N2OS. The highest BCUT2D eigenvalue weighted by molar-refractivity contribution is 7.11. The van der Waals surface area contributed by atoms with Crippen LogP contribution in [0.25, 0.3) is 5.57 Å². The molecule has 0 saturated carbocycles. The van der Waals surface area contributed by atoms with Crippen LogP contribution >= 0.6 is 11.3 Å². The summed E-state index contributed by atoms with van der Waals surface area (Å²) in [6.45, 7) is 2.03. The van der Waals surface area contributed by atoms with Crippen molar-refractivity contribution in [3.05, 3.63) is 52.0 Å². The Labute approximate surface area is 109 Å². The van der Waals surface area contributed by atoms with Crippen molar-refractivity contribution < 1.29 is 4.79 Å². The predicted octanol–water partition coefficient (Wildman–Crippen LogP) is 3.03. The number of nitrogens with zero attached hydrogens (tertiary/aromatic N) is 1. The second-order valence-electron chi connectivity index (χ2n) is 4.19. The lowest BCUT2D eigenvalue weighted by Gasteiger charge is -1.96. The molecular weight excluding hydrogens is 244 g/mol. The number of para-hydroxylation sites is 1. The van der Waals surface area contributed by atoms with Crippen LogP contribution in [0.4, 0.5) is 5.69 Å². The Morgan fingerprint density at radius 2 is 2.22 bits per heavy atom. The maximum atomic E-state index is 11.9. The zero-order valence-electron chi connectivity index (χ0n) is 9.93. The lowest BCUT2D eigenvalue weighted by Crippen LogP contribution is -2.03. The van der Waals surface area contributed by atoms with Gasteiger partial charge in [0, 0.05) is 34.3 Å². The molecule has 1 aliphatic rings. The first-order valence-electron chi connectivity index (χ1n) is 5.76. The Balaban J connectivity index is 1.90. The summed E-state index contributed by atoms with van der Waals surface area (Å²) in [5.74, 6) is -0.0236. The van der Waals surface area contributed by atoms with Crippen molar-refractivity contribution in [2.24, 2.45) is 0 Å². The SMILES string of the molecule is Cc1cnc(CC=C2C(=O)Nc3ccccc32)s1. The lowest BCUT2D eigenvalue weighted by molar-refractivity contribution is -0.110. The Bertz CT molecular complexity index is 643. The summed E-state index contributed by atoms with van der Waals surface area (Å²) in [5, 5.41) is 3.90. The average Bonchev–Trinajstić information content (AvgIpc) is 2.90. The Kier molecular flexibility index (Phi) is 2.72. The molecule has 3 rings (SSSR count). The van der Waals surface area contributed by atoms with E-state index in [1.807, 2.05) is 43.5 Å². The van der Waals surface area contributed by atoms with Crippen LogP contribution < -0.4 is 5.32 Å². The molecule has 2 heterocycles. The number of nitrogens with one attached hydrogen (secondary N) is 1. The van der Waals surface area contributed by atoms with Crippen LogP contribution in [0, 0.1) is 6.92 Å². The summed E-state index contributed by atoms with van der Waals surface area (Å²) in [5.41, 5.74) is 2.62. The van der Waals surface area contributed by atoms with Gasteiger partial charge in [0.25, 0.3) is 5.91 Å². The van der Waals surface area contributed by atoms with Crippen LogP contribution in [0.3, 0.4) is 0 Å². The molecule has 3 nitrogen and oxygen atoms in total. The van der Waals surface area contributed by atoms with E-state index in [1.165, 1.54) is 4.88 Å². The van der Waals surface area contributed by atoms with Crippen molar-refractivity contribution in [1.29, 1.82) is 0 Å². The molecule has 1 aromatic carbocycles. The third kappa shape index (κ3) is 1.95. The first-order valence-corrected chi connectivity index (χ1v) is 6.58. The fraction of sp³-hybridized carbons (Fsp3) is 0.143. The van der Waals surface area contributed by atoms with E-state index in [1.54, 1.807) is 11.3 Å². The van der Waals surface area contributed by atoms with Gasteiger partial charge in [-0.1, -0.05) is 24.3 Å². The van der Waals surface area contributed by atoms with Gasteiger partial charge < -0.3 is 5.32 Å². The van der Waals surface area contributed by atoms with Crippen LogP contribution in [-0.2, 0) is 11.2 Å². The van der Waals surface area contributed by atoms with Gasteiger partial charge in [0.1, 0.15) is 0 Å². The molecule has 0 saturated heterocycles. The molecule has 0 radical (unpaired) electrons. The maximum Gasteiger partial charge on any atom is 0.256 e. The monoisotopic (exact) mass is 256 g/mol. The molecule has 0 aliphatic carbocycles. The number of amides is 1. The molecule has 1 aliphatic heterocycles. The summed E-state index contributed by atoms with van der Waals surface area (Å²) < 4.78 is 0. The topological polar surface area (TPSA) is 42.0 Å². The van der Waals surface area contributed by atoms with Crippen molar-refractivity contribution in [3.63, 3.8) is 0 Å². The van der Waals surface area contributed by atoms with E-state index in [0.29, 0.717) is 6.42 Å². The highest BCUT2D eigenvalue weighted by atomic mass is 32.1. The third-order valence-electron chi connectivity index (χ3n) is 2.86. The molecule has 0 spiro atoms. The largest absolute Gasteiger partial charge is 0.321 e. The van der Waals surface area contributed by atoms with Crippen LogP contribution in [0.5, 0.6) is 0 Å². The molecule has 90 valence electrons. The first kappa shape index (κ1) is 11.2. The summed E-state index contributed by atoms with van der Waals surface area (Å²) in [6.07, 6.45) is 4.52. The molecule has 0 unspecified atom stereocenters. The number of allylic oxidation sites excluding steroid dienone is 1. The summed E-state index contributed by atoms with van der Waals surface area (Å²) in [6, 6.07) is 7.75. The Hall–Kier alpha value is -1.94. The molecule has 4 heteroatoms. The highest BCUT2D eigenvalue weighted by Gasteiger charge is 2.22. The predicted molar refractivity (Wildman–Crippen MR) is 73.6 cm³/mol. The van der Waals surface area contributed by atoms with Crippen LogP contribution in [-0.4, -0.2) is 10.9 Å². The quantitative estimate of drug-likeness (QED) is 0.839. The molecule has 2 aromatic rings. The molecule has 0 bridgehead atoms. The van der Waals surface area contributed by atoms with Gasteiger partial charge in [-0.05, 0) is 13.0 Å². The van der Waals surface area contributed by atoms with Gasteiger partial charge in [-0.25, -0.2) is 4.98 Å².